The summed E-state index contributed by atoms with van der Waals surface area (Å²) in [5.74, 6) is -0.983. The van der Waals surface area contributed by atoms with E-state index < -0.39 is 13.0 Å². The van der Waals surface area contributed by atoms with Crippen LogP contribution >= 0.6 is 0 Å². The van der Waals surface area contributed by atoms with E-state index in [0.717, 1.165) is 0 Å². The van der Waals surface area contributed by atoms with Crippen molar-refractivity contribution >= 4 is 12.3 Å². The molecular formula is C10H15F3N2O3. The van der Waals surface area contributed by atoms with Crippen LogP contribution in [0.5, 0.6) is 0 Å². The van der Waals surface area contributed by atoms with Crippen LogP contribution in [0, 0.1) is 11.8 Å². The molecule has 8 heteroatoms. The molecule has 0 aromatic rings. The van der Waals surface area contributed by atoms with Gasteiger partial charge in [0.05, 0.1) is 6.61 Å². The maximum absolute atomic E-state index is 11.7. The molecule has 1 saturated carbocycles. The smallest absolute Gasteiger partial charge is 0.359 e. The normalized spacial score (nSPS) is 22.4. The predicted octanol–water partition coefficient (Wildman–Crippen LogP) is 0.411. The van der Waals surface area contributed by atoms with Gasteiger partial charge in [-0.3, -0.25) is 14.3 Å². The molecule has 104 valence electrons. The molecule has 1 aliphatic rings. The third-order valence-corrected chi connectivity index (χ3v) is 2.60. The largest absolute Gasteiger partial charge is 0.522 e. The molecular weight excluding hydrogens is 253 g/mol. The maximum Gasteiger partial charge on any atom is 0.522 e. The Morgan fingerprint density at radius 1 is 1.39 bits per heavy atom. The van der Waals surface area contributed by atoms with Crippen molar-refractivity contribution in [3.8, 4) is 0 Å². The minimum Gasteiger partial charge on any atom is -0.359 e. The standard InChI is InChI=1S/C10H15F3N2O3/c11-10(12,13)18-5-7-4-8(7)9(17)15-3-1-2-14-6-16/h6-8H,1-5H2,(H,14,16)(H,15,17). The van der Waals surface area contributed by atoms with Gasteiger partial charge in [0.1, 0.15) is 0 Å². The Morgan fingerprint density at radius 2 is 2.11 bits per heavy atom. The minimum absolute atomic E-state index is 0.253. The number of rotatable bonds is 8. The topological polar surface area (TPSA) is 67.4 Å². The van der Waals surface area contributed by atoms with E-state index in [0.29, 0.717) is 32.3 Å². The van der Waals surface area contributed by atoms with Crippen LogP contribution in [0.1, 0.15) is 12.8 Å². The Hall–Kier alpha value is -1.31. The molecule has 2 N–H and O–H groups in total. The molecule has 2 atom stereocenters. The molecule has 0 radical (unpaired) electrons. The molecule has 0 aromatic heterocycles. The SMILES string of the molecule is O=CNCCCNC(=O)C1CC1COC(F)(F)F. The van der Waals surface area contributed by atoms with Gasteiger partial charge in [0.2, 0.25) is 12.3 Å². The summed E-state index contributed by atoms with van der Waals surface area (Å²) in [5, 5.41) is 5.03. The quantitative estimate of drug-likeness (QED) is 0.495. The second-order valence-corrected chi connectivity index (χ2v) is 4.08. The van der Waals surface area contributed by atoms with Crippen LogP contribution in [0.2, 0.25) is 0 Å². The first-order valence-electron chi connectivity index (χ1n) is 5.59. The number of carbonyl (C=O) groups is 2. The van der Waals surface area contributed by atoms with Crippen LogP contribution in [0.3, 0.4) is 0 Å². The molecule has 18 heavy (non-hydrogen) atoms. The zero-order valence-electron chi connectivity index (χ0n) is 9.63. The molecule has 5 nitrogen and oxygen atoms in total. The summed E-state index contributed by atoms with van der Waals surface area (Å²) in [6, 6.07) is 0. The molecule has 0 aromatic carbocycles. The van der Waals surface area contributed by atoms with Gasteiger partial charge in [0.15, 0.2) is 0 Å². The number of halogens is 3. The van der Waals surface area contributed by atoms with Gasteiger partial charge in [-0.05, 0) is 18.8 Å². The first-order valence-corrected chi connectivity index (χ1v) is 5.59. The molecule has 2 unspecified atom stereocenters. The summed E-state index contributed by atoms with van der Waals surface area (Å²) < 4.78 is 38.9. The molecule has 1 fully saturated rings. The van der Waals surface area contributed by atoms with Crippen molar-refractivity contribution in [2.75, 3.05) is 19.7 Å². The first kappa shape index (κ1) is 14.7. The lowest BCUT2D eigenvalue weighted by Crippen LogP contribution is -2.29. The average molecular weight is 268 g/mol. The van der Waals surface area contributed by atoms with E-state index in [-0.39, 0.29) is 17.7 Å². The van der Waals surface area contributed by atoms with E-state index in [9.17, 15) is 22.8 Å². The number of alkyl halides is 3. The lowest BCUT2D eigenvalue weighted by atomic mass is 10.3. The van der Waals surface area contributed by atoms with Crippen molar-refractivity contribution in [2.45, 2.75) is 19.2 Å². The van der Waals surface area contributed by atoms with Gasteiger partial charge in [0.25, 0.3) is 0 Å². The van der Waals surface area contributed by atoms with Gasteiger partial charge >= 0.3 is 6.36 Å². The van der Waals surface area contributed by atoms with Crippen LogP contribution in [0.15, 0.2) is 0 Å². The van der Waals surface area contributed by atoms with Gasteiger partial charge in [-0.1, -0.05) is 0 Å². The van der Waals surface area contributed by atoms with Crippen molar-refractivity contribution in [3.63, 3.8) is 0 Å². The fraction of sp³-hybridized carbons (Fsp3) is 0.800. The number of hydrogen-bond acceptors (Lipinski definition) is 3. The van der Waals surface area contributed by atoms with E-state index in [2.05, 4.69) is 15.4 Å². The Morgan fingerprint density at radius 3 is 2.72 bits per heavy atom. The van der Waals surface area contributed by atoms with Crippen molar-refractivity contribution in [1.82, 2.24) is 10.6 Å². The van der Waals surface area contributed by atoms with Crippen LogP contribution in [0.4, 0.5) is 13.2 Å². The first-order chi connectivity index (χ1) is 8.44. The summed E-state index contributed by atoms with van der Waals surface area (Å²) >= 11 is 0. The average Bonchev–Trinajstić information content (AvgIpc) is 3.04. The van der Waals surface area contributed by atoms with Crippen molar-refractivity contribution < 1.29 is 27.5 Å². The maximum atomic E-state index is 11.7. The number of amides is 2. The molecule has 0 aliphatic heterocycles. The lowest BCUT2D eigenvalue weighted by Gasteiger charge is -2.07. The number of hydrogen-bond donors (Lipinski definition) is 2. The Bertz CT molecular complexity index is 297. The summed E-state index contributed by atoms with van der Waals surface area (Å²) in [4.78, 5) is 21.3. The fourth-order valence-corrected chi connectivity index (χ4v) is 1.55. The number of nitrogens with one attached hydrogen (secondary N) is 2. The van der Waals surface area contributed by atoms with Gasteiger partial charge < -0.3 is 10.6 Å². The van der Waals surface area contributed by atoms with E-state index in [1.54, 1.807) is 0 Å². The Labute approximate surface area is 102 Å². The van der Waals surface area contributed by atoms with E-state index >= 15 is 0 Å². The van der Waals surface area contributed by atoms with Gasteiger partial charge in [0, 0.05) is 19.0 Å². The third kappa shape index (κ3) is 5.85. The van der Waals surface area contributed by atoms with Gasteiger partial charge in [-0.15, -0.1) is 13.2 Å². The number of ether oxygens (including phenoxy) is 1. The molecule has 0 bridgehead atoms. The van der Waals surface area contributed by atoms with E-state index in [4.69, 9.17) is 0 Å². The zero-order valence-corrected chi connectivity index (χ0v) is 9.63. The molecule has 0 saturated heterocycles. The van der Waals surface area contributed by atoms with Crippen LogP contribution < -0.4 is 10.6 Å². The van der Waals surface area contributed by atoms with Crippen LogP contribution in [-0.2, 0) is 14.3 Å². The zero-order chi connectivity index (χ0) is 13.6. The second kappa shape index (κ2) is 6.58. The van der Waals surface area contributed by atoms with E-state index in [1.165, 1.54) is 0 Å². The Kier molecular flexibility index (Phi) is 5.39. The van der Waals surface area contributed by atoms with Gasteiger partial charge in [-0.25, -0.2) is 0 Å². The summed E-state index contributed by atoms with van der Waals surface area (Å²) in [7, 11) is 0. The monoisotopic (exact) mass is 268 g/mol. The number of carbonyl (C=O) groups excluding carboxylic acids is 2. The van der Waals surface area contributed by atoms with E-state index in [1.807, 2.05) is 0 Å². The molecule has 2 amide bonds. The molecule has 1 aliphatic carbocycles. The summed E-state index contributed by atoms with van der Waals surface area (Å²) in [6.45, 7) is 0.381. The second-order valence-electron chi connectivity index (χ2n) is 4.08. The van der Waals surface area contributed by atoms with Crippen molar-refractivity contribution in [3.05, 3.63) is 0 Å². The molecule has 1 rings (SSSR count). The molecule has 0 heterocycles. The van der Waals surface area contributed by atoms with Crippen LogP contribution in [-0.4, -0.2) is 38.4 Å². The summed E-state index contributed by atoms with van der Waals surface area (Å²) in [6.07, 6.45) is -3.06. The highest BCUT2D eigenvalue weighted by molar-refractivity contribution is 5.81. The predicted molar refractivity (Wildman–Crippen MR) is 55.3 cm³/mol. The fourth-order valence-electron chi connectivity index (χ4n) is 1.55. The summed E-state index contributed by atoms with van der Waals surface area (Å²) in [5.41, 5.74) is 0. The van der Waals surface area contributed by atoms with Gasteiger partial charge in [-0.2, -0.15) is 0 Å². The minimum atomic E-state index is -4.63. The molecule has 0 spiro atoms. The lowest BCUT2D eigenvalue weighted by molar-refractivity contribution is -0.326. The highest BCUT2D eigenvalue weighted by atomic mass is 19.4. The third-order valence-electron chi connectivity index (χ3n) is 2.60. The van der Waals surface area contributed by atoms with Crippen molar-refractivity contribution in [1.29, 1.82) is 0 Å². The van der Waals surface area contributed by atoms with Crippen LogP contribution in [0.25, 0.3) is 0 Å². The highest BCUT2D eigenvalue weighted by Gasteiger charge is 2.45. The highest BCUT2D eigenvalue weighted by Crippen LogP contribution is 2.39. The van der Waals surface area contributed by atoms with Crippen molar-refractivity contribution in [2.24, 2.45) is 11.8 Å². The Balaban J connectivity index is 2.05.